The number of nitrogens with zero attached hydrogens (tertiary/aromatic N) is 1. The summed E-state index contributed by atoms with van der Waals surface area (Å²) in [6.45, 7) is 13.6. The average Bonchev–Trinajstić information content (AvgIpc) is 3.16. The van der Waals surface area contributed by atoms with Crippen LogP contribution in [-0.2, 0) is 9.47 Å². The lowest BCUT2D eigenvalue weighted by Crippen LogP contribution is -2.51. The van der Waals surface area contributed by atoms with Gasteiger partial charge in [0.25, 0.3) is 0 Å². The number of rotatable bonds is 9. The smallest absolute Gasteiger partial charge is 0.433 e. The van der Waals surface area contributed by atoms with E-state index in [0.717, 1.165) is 61.3 Å². The highest BCUT2D eigenvalue weighted by molar-refractivity contribution is 5.60. The lowest BCUT2D eigenvalue weighted by atomic mass is 9.47. The summed E-state index contributed by atoms with van der Waals surface area (Å²) in [5.41, 5.74) is 2.40. The molecule has 4 aliphatic carbocycles. The van der Waals surface area contributed by atoms with Crippen LogP contribution < -0.4 is 0 Å². The van der Waals surface area contributed by atoms with Gasteiger partial charge in [-0.3, -0.25) is 0 Å². The first-order valence-electron chi connectivity index (χ1n) is 15.2. The molecule has 0 aromatic rings. The van der Waals surface area contributed by atoms with Crippen LogP contribution in [0.3, 0.4) is 0 Å². The summed E-state index contributed by atoms with van der Waals surface area (Å²) in [6, 6.07) is 0. The van der Waals surface area contributed by atoms with Crippen LogP contribution >= 0.6 is 0 Å². The molecule has 4 aliphatic rings. The molecule has 0 aromatic heterocycles. The molecule has 4 rings (SSSR count). The molecule has 0 N–H and O–H groups in total. The quantitative estimate of drug-likeness (QED) is 0.236. The van der Waals surface area contributed by atoms with Crippen molar-refractivity contribution in [2.75, 3.05) is 27.2 Å². The summed E-state index contributed by atoms with van der Waals surface area (Å²) in [5.74, 6) is 5.15. The monoisotopic (exact) mass is 501 g/mol. The summed E-state index contributed by atoms with van der Waals surface area (Å²) in [6.07, 6.45) is 16.2. The van der Waals surface area contributed by atoms with Crippen LogP contribution in [0.1, 0.15) is 105 Å². The summed E-state index contributed by atoms with van der Waals surface area (Å²) >= 11 is 0. The predicted octanol–water partition coefficient (Wildman–Crippen LogP) is 8.11. The lowest BCUT2D eigenvalue weighted by Gasteiger charge is -2.58. The van der Waals surface area contributed by atoms with E-state index in [1.54, 1.807) is 5.57 Å². The first-order valence-corrected chi connectivity index (χ1v) is 15.2. The van der Waals surface area contributed by atoms with Gasteiger partial charge < -0.3 is 14.4 Å². The van der Waals surface area contributed by atoms with Crippen molar-refractivity contribution < 1.29 is 14.3 Å². The van der Waals surface area contributed by atoms with Crippen molar-refractivity contribution in [1.29, 1.82) is 0 Å². The van der Waals surface area contributed by atoms with E-state index in [2.05, 4.69) is 40.7 Å². The Labute approximate surface area is 221 Å². The molecule has 0 saturated heterocycles. The molecule has 4 heteroatoms. The maximum Gasteiger partial charge on any atom is 0.508 e. The number of likely N-dealkylation sites (N-methyl/N-ethyl adjacent to an activating group) is 1. The third-order valence-corrected chi connectivity index (χ3v) is 11.3. The lowest BCUT2D eigenvalue weighted by molar-refractivity contribution is -0.0618. The Kier molecular flexibility index (Phi) is 8.85. The minimum atomic E-state index is -0.493. The van der Waals surface area contributed by atoms with Crippen molar-refractivity contribution in [3.05, 3.63) is 11.6 Å². The Morgan fingerprint density at radius 3 is 2.56 bits per heavy atom. The number of ether oxygens (including phenoxy) is 2. The normalized spacial score (nSPS) is 38.7. The molecule has 0 radical (unpaired) electrons. The van der Waals surface area contributed by atoms with Gasteiger partial charge >= 0.3 is 6.16 Å². The number of fused-ring (bicyclic) bond motifs is 5. The molecule has 36 heavy (non-hydrogen) atoms. The Morgan fingerprint density at radius 1 is 1.06 bits per heavy atom. The molecule has 3 saturated carbocycles. The van der Waals surface area contributed by atoms with E-state index in [4.69, 9.17) is 9.47 Å². The Hall–Kier alpha value is -1.03. The van der Waals surface area contributed by atoms with Crippen LogP contribution in [0.4, 0.5) is 4.79 Å². The highest BCUT2D eigenvalue weighted by Crippen LogP contribution is 2.67. The summed E-state index contributed by atoms with van der Waals surface area (Å²) in [4.78, 5) is 14.2. The molecule has 0 bridgehead atoms. The molecular weight excluding hydrogens is 446 g/mol. The van der Waals surface area contributed by atoms with Gasteiger partial charge in [-0.25, -0.2) is 4.79 Å². The number of carbonyl (C=O) groups is 1. The maximum absolute atomic E-state index is 12.2. The van der Waals surface area contributed by atoms with Crippen LogP contribution in [0, 0.1) is 46.3 Å². The predicted molar refractivity (Wildman–Crippen MR) is 148 cm³/mol. The van der Waals surface area contributed by atoms with Crippen molar-refractivity contribution in [3.8, 4) is 0 Å². The highest BCUT2D eigenvalue weighted by Gasteiger charge is 2.59. The molecule has 0 heterocycles. The molecule has 0 amide bonds. The molecule has 8 atom stereocenters. The zero-order valence-corrected chi connectivity index (χ0v) is 24.5. The molecule has 0 aliphatic heterocycles. The van der Waals surface area contributed by atoms with Gasteiger partial charge in [-0.2, -0.15) is 0 Å². The average molecular weight is 502 g/mol. The SMILES string of the molecule is CC(C)CCCC(C)[C@H]1CC[C@H]2C3CC=C4C[C@@H](OC(=O)OCCN(C)C)CCC4(C)[C@H]3CCC12C. The van der Waals surface area contributed by atoms with Crippen LogP contribution in [-0.4, -0.2) is 44.4 Å². The van der Waals surface area contributed by atoms with E-state index >= 15 is 0 Å². The van der Waals surface area contributed by atoms with E-state index in [0.29, 0.717) is 17.4 Å². The largest absolute Gasteiger partial charge is 0.508 e. The fourth-order valence-corrected chi connectivity index (χ4v) is 9.23. The van der Waals surface area contributed by atoms with Gasteiger partial charge in [-0.1, -0.05) is 65.5 Å². The van der Waals surface area contributed by atoms with Crippen molar-refractivity contribution in [3.63, 3.8) is 0 Å². The fraction of sp³-hybridized carbons (Fsp3) is 0.906. The van der Waals surface area contributed by atoms with Crippen LogP contribution in [0.2, 0.25) is 0 Å². The number of hydrogen-bond donors (Lipinski definition) is 0. The molecule has 3 fully saturated rings. The fourth-order valence-electron chi connectivity index (χ4n) is 9.23. The van der Waals surface area contributed by atoms with E-state index in [9.17, 15) is 4.79 Å². The van der Waals surface area contributed by atoms with Gasteiger partial charge in [0, 0.05) is 13.0 Å². The van der Waals surface area contributed by atoms with Gasteiger partial charge in [0.2, 0.25) is 0 Å². The molecule has 4 nitrogen and oxygen atoms in total. The van der Waals surface area contributed by atoms with Crippen molar-refractivity contribution in [2.45, 2.75) is 111 Å². The molecule has 4 unspecified atom stereocenters. The number of allylic oxidation sites excluding steroid dienone is 1. The Balaban J connectivity index is 1.37. The zero-order valence-electron chi connectivity index (χ0n) is 24.5. The second-order valence-electron chi connectivity index (χ2n) is 14.2. The summed E-state index contributed by atoms with van der Waals surface area (Å²) in [5, 5.41) is 0. The summed E-state index contributed by atoms with van der Waals surface area (Å²) < 4.78 is 11.1. The van der Waals surface area contributed by atoms with E-state index in [1.165, 1.54) is 51.4 Å². The van der Waals surface area contributed by atoms with Gasteiger partial charge in [0.1, 0.15) is 12.7 Å². The zero-order chi connectivity index (χ0) is 26.1. The molecule has 0 aromatic carbocycles. The standard InChI is InChI=1S/C32H55NO3/c1-22(2)9-8-10-23(3)27-13-14-28-26-12-11-24-21-25(36-30(34)35-20-19-33(6)7)15-17-31(24,4)29(26)16-18-32(27,28)5/h11,22-23,25-29H,8-10,12-21H2,1-7H3/t23?,25-,26?,27+,28-,29-,31?,32?/m0/s1. The molecule has 0 spiro atoms. The Morgan fingerprint density at radius 2 is 1.83 bits per heavy atom. The topological polar surface area (TPSA) is 38.8 Å². The number of hydrogen-bond acceptors (Lipinski definition) is 4. The van der Waals surface area contributed by atoms with E-state index < -0.39 is 6.16 Å². The van der Waals surface area contributed by atoms with Crippen LogP contribution in [0.15, 0.2) is 11.6 Å². The van der Waals surface area contributed by atoms with Gasteiger partial charge in [0.15, 0.2) is 0 Å². The van der Waals surface area contributed by atoms with Crippen molar-refractivity contribution >= 4 is 6.16 Å². The van der Waals surface area contributed by atoms with Crippen LogP contribution in [0.25, 0.3) is 0 Å². The minimum absolute atomic E-state index is 0.0239. The van der Waals surface area contributed by atoms with E-state index in [1.807, 2.05) is 19.0 Å². The van der Waals surface area contributed by atoms with Gasteiger partial charge in [0.05, 0.1) is 0 Å². The highest BCUT2D eigenvalue weighted by atomic mass is 16.7. The van der Waals surface area contributed by atoms with Gasteiger partial charge in [-0.05, 0) is 105 Å². The van der Waals surface area contributed by atoms with Crippen molar-refractivity contribution in [1.82, 2.24) is 4.90 Å². The van der Waals surface area contributed by atoms with Crippen LogP contribution in [0.5, 0.6) is 0 Å². The second kappa shape index (κ2) is 11.4. The van der Waals surface area contributed by atoms with Crippen molar-refractivity contribution in [2.24, 2.45) is 46.3 Å². The molecule has 206 valence electrons. The first kappa shape index (κ1) is 28.0. The number of carbonyl (C=O) groups excluding carboxylic acids is 1. The third-order valence-electron chi connectivity index (χ3n) is 11.3. The maximum atomic E-state index is 12.2. The van der Waals surface area contributed by atoms with E-state index in [-0.39, 0.29) is 6.10 Å². The van der Waals surface area contributed by atoms with Gasteiger partial charge in [-0.15, -0.1) is 0 Å². The molecular formula is C32H55NO3. The first-order chi connectivity index (χ1) is 17.0. The minimum Gasteiger partial charge on any atom is -0.433 e. The Bertz CT molecular complexity index is 790. The summed E-state index contributed by atoms with van der Waals surface area (Å²) in [7, 11) is 3.96. The second-order valence-corrected chi connectivity index (χ2v) is 14.2. The third kappa shape index (κ3) is 5.69.